The van der Waals surface area contributed by atoms with Gasteiger partial charge in [0, 0.05) is 35.5 Å². The smallest absolute Gasteiger partial charge is 0.153 e. The van der Waals surface area contributed by atoms with Gasteiger partial charge in [-0.3, -0.25) is 9.36 Å². The number of nitrogens with zero attached hydrogens (tertiary/aromatic N) is 6. The fourth-order valence-electron chi connectivity index (χ4n) is 2.88. The highest BCUT2D eigenvalue weighted by Gasteiger charge is 2.10. The standard InChI is InChI=1S/C19H16FN7O/c20-16-2-1-13(9-21)7-14(16)12-27-17-8-19(22-10-15(17)11-23-27)24-18-3-4-26(25-18)5-6-28/h1-4,7-8,10-11,28H,5-6,12H2,(H,22,24,25). The third-order valence-corrected chi connectivity index (χ3v) is 4.25. The zero-order valence-electron chi connectivity index (χ0n) is 14.7. The van der Waals surface area contributed by atoms with Crippen LogP contribution in [-0.2, 0) is 13.1 Å². The molecule has 0 fully saturated rings. The number of aliphatic hydroxyl groups excluding tert-OH is 1. The highest BCUT2D eigenvalue weighted by molar-refractivity contribution is 5.80. The molecule has 0 spiro atoms. The van der Waals surface area contributed by atoms with Crippen molar-refractivity contribution in [2.45, 2.75) is 13.1 Å². The molecule has 9 heteroatoms. The summed E-state index contributed by atoms with van der Waals surface area (Å²) in [6.07, 6.45) is 5.09. The van der Waals surface area contributed by atoms with Gasteiger partial charge in [0.25, 0.3) is 0 Å². The number of hydrogen-bond acceptors (Lipinski definition) is 6. The molecule has 4 rings (SSSR count). The fourth-order valence-corrected chi connectivity index (χ4v) is 2.88. The maximum atomic E-state index is 14.1. The first-order valence-corrected chi connectivity index (χ1v) is 8.57. The summed E-state index contributed by atoms with van der Waals surface area (Å²) in [6.45, 7) is 0.613. The second kappa shape index (κ2) is 7.46. The van der Waals surface area contributed by atoms with Gasteiger partial charge in [-0.15, -0.1) is 0 Å². The minimum absolute atomic E-state index is 0.00801. The molecular formula is C19H16FN7O. The van der Waals surface area contributed by atoms with Crippen molar-refractivity contribution in [3.8, 4) is 6.07 Å². The van der Waals surface area contributed by atoms with Crippen LogP contribution in [0, 0.1) is 17.1 Å². The summed E-state index contributed by atoms with van der Waals surface area (Å²) in [6, 6.07) is 9.86. The van der Waals surface area contributed by atoms with E-state index in [0.29, 0.717) is 29.3 Å². The van der Waals surface area contributed by atoms with E-state index < -0.39 is 0 Å². The van der Waals surface area contributed by atoms with Gasteiger partial charge in [-0.1, -0.05) is 0 Å². The van der Waals surface area contributed by atoms with Crippen molar-refractivity contribution < 1.29 is 9.50 Å². The van der Waals surface area contributed by atoms with Gasteiger partial charge in [0.05, 0.1) is 43.0 Å². The Morgan fingerprint density at radius 3 is 2.89 bits per heavy atom. The molecular weight excluding hydrogens is 361 g/mol. The van der Waals surface area contributed by atoms with Crippen molar-refractivity contribution in [3.05, 3.63) is 65.9 Å². The Morgan fingerprint density at radius 2 is 2.07 bits per heavy atom. The number of hydrogen-bond donors (Lipinski definition) is 2. The molecule has 0 aliphatic heterocycles. The topological polar surface area (TPSA) is 105 Å². The van der Waals surface area contributed by atoms with E-state index in [0.717, 1.165) is 10.9 Å². The van der Waals surface area contributed by atoms with Crippen molar-refractivity contribution in [2.24, 2.45) is 0 Å². The van der Waals surface area contributed by atoms with Crippen LogP contribution in [0.2, 0.25) is 0 Å². The molecule has 0 unspecified atom stereocenters. The Balaban J connectivity index is 1.62. The monoisotopic (exact) mass is 377 g/mol. The van der Waals surface area contributed by atoms with Gasteiger partial charge in [0.15, 0.2) is 5.82 Å². The van der Waals surface area contributed by atoms with Gasteiger partial charge in [-0.25, -0.2) is 9.37 Å². The summed E-state index contributed by atoms with van der Waals surface area (Å²) >= 11 is 0. The summed E-state index contributed by atoms with van der Waals surface area (Å²) in [7, 11) is 0. The van der Waals surface area contributed by atoms with Crippen molar-refractivity contribution in [1.82, 2.24) is 24.5 Å². The maximum absolute atomic E-state index is 14.1. The molecule has 3 heterocycles. The van der Waals surface area contributed by atoms with Gasteiger partial charge in [0.2, 0.25) is 0 Å². The first-order valence-electron chi connectivity index (χ1n) is 8.57. The highest BCUT2D eigenvalue weighted by Crippen LogP contribution is 2.21. The number of rotatable bonds is 6. The number of benzene rings is 1. The molecule has 3 aromatic heterocycles. The minimum Gasteiger partial charge on any atom is -0.394 e. The molecule has 0 aliphatic carbocycles. The zero-order chi connectivity index (χ0) is 19.5. The number of fused-ring (bicyclic) bond motifs is 1. The van der Waals surface area contributed by atoms with Crippen LogP contribution in [0.15, 0.2) is 48.9 Å². The normalized spacial score (nSPS) is 10.9. The molecule has 0 radical (unpaired) electrons. The van der Waals surface area contributed by atoms with E-state index in [1.807, 2.05) is 6.07 Å². The molecule has 0 saturated heterocycles. The first-order chi connectivity index (χ1) is 13.7. The first kappa shape index (κ1) is 17.6. The molecule has 28 heavy (non-hydrogen) atoms. The average Bonchev–Trinajstić information content (AvgIpc) is 3.31. The van der Waals surface area contributed by atoms with Crippen LogP contribution in [0.3, 0.4) is 0 Å². The molecule has 0 aliphatic rings. The van der Waals surface area contributed by atoms with E-state index >= 15 is 0 Å². The Kier molecular flexibility index (Phi) is 4.70. The van der Waals surface area contributed by atoms with Crippen LogP contribution < -0.4 is 5.32 Å². The summed E-state index contributed by atoms with van der Waals surface area (Å²) in [4.78, 5) is 4.34. The van der Waals surface area contributed by atoms with E-state index in [4.69, 9.17) is 10.4 Å². The van der Waals surface area contributed by atoms with Gasteiger partial charge in [-0.05, 0) is 18.2 Å². The third-order valence-electron chi connectivity index (χ3n) is 4.25. The number of pyridine rings is 1. The number of nitriles is 1. The maximum Gasteiger partial charge on any atom is 0.153 e. The average molecular weight is 377 g/mol. The molecule has 0 atom stereocenters. The van der Waals surface area contributed by atoms with E-state index in [1.54, 1.807) is 40.1 Å². The van der Waals surface area contributed by atoms with Crippen molar-refractivity contribution in [2.75, 3.05) is 11.9 Å². The Morgan fingerprint density at radius 1 is 1.18 bits per heavy atom. The molecule has 1 aromatic carbocycles. The second-order valence-corrected chi connectivity index (χ2v) is 6.16. The molecule has 8 nitrogen and oxygen atoms in total. The Labute approximate surface area is 159 Å². The predicted octanol–water partition coefficient (Wildman–Crippen LogP) is 2.42. The Hall–Kier alpha value is -3.77. The van der Waals surface area contributed by atoms with Crippen LogP contribution in [0.1, 0.15) is 11.1 Å². The van der Waals surface area contributed by atoms with Crippen molar-refractivity contribution in [1.29, 1.82) is 5.26 Å². The van der Waals surface area contributed by atoms with Gasteiger partial charge in [0.1, 0.15) is 11.6 Å². The van der Waals surface area contributed by atoms with Gasteiger partial charge >= 0.3 is 0 Å². The lowest BCUT2D eigenvalue weighted by Gasteiger charge is -2.07. The largest absolute Gasteiger partial charge is 0.394 e. The minimum atomic E-state index is -0.385. The van der Waals surface area contributed by atoms with Crippen LogP contribution >= 0.6 is 0 Å². The van der Waals surface area contributed by atoms with E-state index in [9.17, 15) is 4.39 Å². The summed E-state index contributed by atoms with van der Waals surface area (Å²) < 4.78 is 17.4. The van der Waals surface area contributed by atoms with Crippen LogP contribution in [0.25, 0.3) is 10.9 Å². The summed E-state index contributed by atoms with van der Waals surface area (Å²) in [5.74, 6) is 0.776. The highest BCUT2D eigenvalue weighted by atomic mass is 19.1. The number of nitrogens with one attached hydrogen (secondary N) is 1. The van der Waals surface area contributed by atoms with Crippen molar-refractivity contribution in [3.63, 3.8) is 0 Å². The third kappa shape index (κ3) is 3.54. The van der Waals surface area contributed by atoms with Crippen LogP contribution in [0.4, 0.5) is 16.0 Å². The SMILES string of the molecule is N#Cc1ccc(F)c(Cn2ncc3cnc(Nc4ccn(CCO)n4)cc32)c1. The molecule has 2 N–H and O–H groups in total. The summed E-state index contributed by atoms with van der Waals surface area (Å²) in [5.41, 5.74) is 1.56. The van der Waals surface area contributed by atoms with Crippen LogP contribution in [0.5, 0.6) is 0 Å². The van der Waals surface area contributed by atoms with Gasteiger partial charge < -0.3 is 10.4 Å². The van der Waals surface area contributed by atoms with Gasteiger partial charge in [-0.2, -0.15) is 15.5 Å². The van der Waals surface area contributed by atoms with E-state index in [2.05, 4.69) is 20.5 Å². The molecule has 0 bridgehead atoms. The van der Waals surface area contributed by atoms with Crippen LogP contribution in [-0.4, -0.2) is 36.3 Å². The molecule has 0 amide bonds. The Bertz CT molecular complexity index is 1170. The van der Waals surface area contributed by atoms with Crippen molar-refractivity contribution >= 4 is 22.5 Å². The number of halogens is 1. The molecule has 4 aromatic rings. The van der Waals surface area contributed by atoms with E-state index in [-0.39, 0.29) is 19.0 Å². The lowest BCUT2D eigenvalue weighted by atomic mass is 10.1. The lowest BCUT2D eigenvalue weighted by Crippen LogP contribution is -2.05. The number of anilines is 2. The second-order valence-electron chi connectivity index (χ2n) is 6.16. The zero-order valence-corrected chi connectivity index (χ0v) is 14.7. The van der Waals surface area contributed by atoms with E-state index in [1.165, 1.54) is 18.2 Å². The summed E-state index contributed by atoms with van der Waals surface area (Å²) in [5, 5.41) is 30.5. The molecule has 140 valence electrons. The quantitative estimate of drug-likeness (QED) is 0.535. The fraction of sp³-hybridized carbons (Fsp3) is 0.158. The predicted molar refractivity (Wildman–Crippen MR) is 100 cm³/mol. The number of aliphatic hydroxyl groups is 1. The number of aromatic nitrogens is 5. The lowest BCUT2D eigenvalue weighted by molar-refractivity contribution is 0.269. The molecule has 0 saturated carbocycles.